The molecular formula is C18H13F2N3O. The van der Waals surface area contributed by atoms with Gasteiger partial charge < -0.3 is 10.3 Å². The van der Waals surface area contributed by atoms with Crippen LogP contribution in [0.1, 0.15) is 16.1 Å². The van der Waals surface area contributed by atoms with Crippen LogP contribution in [0.5, 0.6) is 0 Å². The fourth-order valence-corrected chi connectivity index (χ4v) is 2.93. The summed E-state index contributed by atoms with van der Waals surface area (Å²) in [5.41, 5.74) is 2.60. The van der Waals surface area contributed by atoms with Gasteiger partial charge in [-0.2, -0.15) is 0 Å². The van der Waals surface area contributed by atoms with Gasteiger partial charge in [0.1, 0.15) is 5.82 Å². The second kappa shape index (κ2) is 5.56. The molecule has 0 aliphatic carbocycles. The van der Waals surface area contributed by atoms with Gasteiger partial charge in [-0.05, 0) is 24.3 Å². The van der Waals surface area contributed by atoms with E-state index in [1.54, 1.807) is 24.3 Å². The van der Waals surface area contributed by atoms with E-state index in [-0.39, 0.29) is 17.1 Å². The molecule has 1 aromatic carbocycles. The number of aromatic amines is 1. The average molecular weight is 325 g/mol. The summed E-state index contributed by atoms with van der Waals surface area (Å²) in [5, 5.41) is 2.63. The molecule has 120 valence electrons. The highest BCUT2D eigenvalue weighted by Gasteiger charge is 2.27. The van der Waals surface area contributed by atoms with Gasteiger partial charge in [0.25, 0.3) is 5.91 Å². The van der Waals surface area contributed by atoms with Gasteiger partial charge in [-0.15, -0.1) is 0 Å². The molecule has 4 nitrogen and oxygen atoms in total. The van der Waals surface area contributed by atoms with Gasteiger partial charge in [-0.3, -0.25) is 9.78 Å². The molecule has 4 rings (SSSR count). The number of nitrogens with zero attached hydrogens (tertiary/aromatic N) is 1. The molecule has 1 aliphatic heterocycles. The van der Waals surface area contributed by atoms with Gasteiger partial charge in [0.15, 0.2) is 5.82 Å². The van der Waals surface area contributed by atoms with Crippen molar-refractivity contribution in [2.75, 3.05) is 6.54 Å². The number of rotatable bonds is 2. The fourth-order valence-electron chi connectivity index (χ4n) is 2.93. The normalized spacial score (nSPS) is 13.5. The number of aromatic nitrogens is 2. The Balaban J connectivity index is 1.81. The summed E-state index contributed by atoms with van der Waals surface area (Å²) in [6.45, 7) is 0.482. The average Bonchev–Trinajstić information content (AvgIpc) is 2.93. The lowest BCUT2D eigenvalue weighted by atomic mass is 10.1. The van der Waals surface area contributed by atoms with E-state index in [1.807, 2.05) is 0 Å². The van der Waals surface area contributed by atoms with Gasteiger partial charge in [0.05, 0.1) is 17.0 Å². The standard InChI is InChI=1S/C18H13F2N3O/c19-12-3-1-2-10(8-12)14-9-11(4-6-21-14)17-16(20)15-13(23-17)5-7-22-18(15)24/h1-4,6,8-9,23H,5,7H2,(H,22,24). The lowest BCUT2D eigenvalue weighted by molar-refractivity contribution is 0.0942. The molecule has 0 fully saturated rings. The number of halogens is 2. The highest BCUT2D eigenvalue weighted by Crippen LogP contribution is 2.30. The van der Waals surface area contributed by atoms with Crippen LogP contribution in [0, 0.1) is 11.6 Å². The van der Waals surface area contributed by atoms with Gasteiger partial charge >= 0.3 is 0 Å². The van der Waals surface area contributed by atoms with E-state index in [1.165, 1.54) is 18.3 Å². The third kappa shape index (κ3) is 2.36. The first-order chi connectivity index (χ1) is 11.6. The second-order valence-electron chi connectivity index (χ2n) is 5.61. The number of hydrogen-bond donors (Lipinski definition) is 2. The molecule has 0 unspecified atom stereocenters. The van der Waals surface area contributed by atoms with Gasteiger partial charge in [-0.25, -0.2) is 8.78 Å². The molecule has 2 N–H and O–H groups in total. The first-order valence-electron chi connectivity index (χ1n) is 7.54. The zero-order chi connectivity index (χ0) is 16.7. The molecule has 0 saturated carbocycles. The van der Waals surface area contributed by atoms with Crippen molar-refractivity contribution >= 4 is 5.91 Å². The number of carbonyl (C=O) groups is 1. The van der Waals surface area contributed by atoms with Gasteiger partial charge in [-0.1, -0.05) is 12.1 Å². The summed E-state index contributed by atoms with van der Waals surface area (Å²) >= 11 is 0. The van der Waals surface area contributed by atoms with E-state index in [2.05, 4.69) is 15.3 Å². The van der Waals surface area contributed by atoms with E-state index < -0.39 is 11.7 Å². The van der Waals surface area contributed by atoms with Crippen molar-refractivity contribution in [3.05, 3.63) is 65.5 Å². The topological polar surface area (TPSA) is 57.8 Å². The first-order valence-corrected chi connectivity index (χ1v) is 7.54. The largest absolute Gasteiger partial charge is 0.355 e. The number of hydrogen-bond acceptors (Lipinski definition) is 2. The number of benzene rings is 1. The predicted molar refractivity (Wildman–Crippen MR) is 85.4 cm³/mol. The third-order valence-electron chi connectivity index (χ3n) is 4.07. The van der Waals surface area contributed by atoms with E-state index in [9.17, 15) is 13.6 Å². The predicted octanol–water partition coefficient (Wildman–Crippen LogP) is 3.31. The molecule has 24 heavy (non-hydrogen) atoms. The van der Waals surface area contributed by atoms with Crippen molar-refractivity contribution in [2.24, 2.45) is 0 Å². The first kappa shape index (κ1) is 14.6. The maximum absolute atomic E-state index is 14.7. The number of pyridine rings is 1. The Morgan fingerprint density at radius 3 is 2.75 bits per heavy atom. The molecule has 1 amide bonds. The van der Waals surface area contributed by atoms with Gasteiger partial charge in [0.2, 0.25) is 0 Å². The molecule has 6 heteroatoms. The number of amides is 1. The van der Waals surface area contributed by atoms with Crippen LogP contribution < -0.4 is 5.32 Å². The minimum absolute atomic E-state index is 0.0698. The Hall–Kier alpha value is -3.02. The second-order valence-corrected chi connectivity index (χ2v) is 5.61. The van der Waals surface area contributed by atoms with Crippen molar-refractivity contribution in [3.63, 3.8) is 0 Å². The number of nitrogens with one attached hydrogen (secondary N) is 2. The monoisotopic (exact) mass is 325 g/mol. The highest BCUT2D eigenvalue weighted by atomic mass is 19.1. The Morgan fingerprint density at radius 2 is 1.96 bits per heavy atom. The SMILES string of the molecule is O=C1NCCc2[nH]c(-c3ccnc(-c4cccc(F)c4)c3)c(F)c21. The Kier molecular flexibility index (Phi) is 3.37. The molecule has 0 saturated heterocycles. The van der Waals surface area contributed by atoms with Crippen molar-refractivity contribution < 1.29 is 13.6 Å². The minimum atomic E-state index is -0.571. The smallest absolute Gasteiger partial charge is 0.256 e. The van der Waals surface area contributed by atoms with Crippen LogP contribution in [0.15, 0.2) is 42.6 Å². The van der Waals surface area contributed by atoms with Crippen LogP contribution in [0.2, 0.25) is 0 Å². The third-order valence-corrected chi connectivity index (χ3v) is 4.07. The summed E-state index contributed by atoms with van der Waals surface area (Å²) in [6.07, 6.45) is 2.09. The van der Waals surface area contributed by atoms with Crippen LogP contribution in [0.4, 0.5) is 8.78 Å². The van der Waals surface area contributed by atoms with Crippen molar-refractivity contribution in [1.29, 1.82) is 0 Å². The summed E-state index contributed by atoms with van der Waals surface area (Å²) in [4.78, 5) is 19.1. The molecule has 3 heterocycles. The quantitative estimate of drug-likeness (QED) is 0.759. The van der Waals surface area contributed by atoms with E-state index in [4.69, 9.17) is 0 Å². The highest BCUT2D eigenvalue weighted by molar-refractivity contribution is 5.98. The van der Waals surface area contributed by atoms with Crippen molar-refractivity contribution in [1.82, 2.24) is 15.3 Å². The lowest BCUT2D eigenvalue weighted by Gasteiger charge is -2.11. The molecule has 0 spiro atoms. The van der Waals surface area contributed by atoms with Crippen molar-refractivity contribution in [2.45, 2.75) is 6.42 Å². The summed E-state index contributed by atoms with van der Waals surface area (Å²) in [5.74, 6) is -1.34. The Labute approximate surface area is 136 Å². The Bertz CT molecular complexity index is 949. The molecule has 0 bridgehead atoms. The van der Waals surface area contributed by atoms with E-state index in [0.29, 0.717) is 35.5 Å². The minimum Gasteiger partial charge on any atom is -0.355 e. The summed E-state index contributed by atoms with van der Waals surface area (Å²) < 4.78 is 28.1. The number of carbonyl (C=O) groups excluding carboxylic acids is 1. The maximum atomic E-state index is 14.7. The van der Waals surface area contributed by atoms with Crippen LogP contribution in [0.25, 0.3) is 22.5 Å². The molecular weight excluding hydrogens is 312 g/mol. The van der Waals surface area contributed by atoms with Crippen LogP contribution >= 0.6 is 0 Å². The molecule has 3 aromatic rings. The van der Waals surface area contributed by atoms with Crippen molar-refractivity contribution in [3.8, 4) is 22.5 Å². The number of H-pyrrole nitrogens is 1. The zero-order valence-corrected chi connectivity index (χ0v) is 12.6. The van der Waals surface area contributed by atoms with E-state index in [0.717, 1.165) is 0 Å². The lowest BCUT2D eigenvalue weighted by Crippen LogP contribution is -2.31. The zero-order valence-electron chi connectivity index (χ0n) is 12.6. The van der Waals surface area contributed by atoms with Crippen LogP contribution in [-0.2, 0) is 6.42 Å². The Morgan fingerprint density at radius 1 is 1.08 bits per heavy atom. The summed E-state index contributed by atoms with van der Waals surface area (Å²) in [6, 6.07) is 9.38. The maximum Gasteiger partial charge on any atom is 0.256 e. The van der Waals surface area contributed by atoms with Crippen LogP contribution in [0.3, 0.4) is 0 Å². The number of fused-ring (bicyclic) bond motifs is 1. The fraction of sp³-hybridized carbons (Fsp3) is 0.111. The molecule has 0 radical (unpaired) electrons. The van der Waals surface area contributed by atoms with Crippen LogP contribution in [-0.4, -0.2) is 22.4 Å². The van der Waals surface area contributed by atoms with Gasteiger partial charge in [0, 0.05) is 36.0 Å². The molecule has 2 aromatic heterocycles. The van der Waals surface area contributed by atoms with E-state index >= 15 is 0 Å². The summed E-state index contributed by atoms with van der Waals surface area (Å²) in [7, 11) is 0. The molecule has 1 aliphatic rings. The molecule has 0 atom stereocenters.